The minimum Gasteiger partial charge on any atom is -0.411 e. The molecule has 0 bridgehead atoms. The number of benzene rings is 1. The number of oxime groups is 1. The lowest BCUT2D eigenvalue weighted by atomic mass is 9.74. The molecule has 3 fully saturated rings. The van der Waals surface area contributed by atoms with Gasteiger partial charge in [-0.3, -0.25) is 14.5 Å². The Kier molecular flexibility index (Phi) is 9.13. The minimum atomic E-state index is -0.652. The van der Waals surface area contributed by atoms with E-state index in [1.54, 1.807) is 4.90 Å². The summed E-state index contributed by atoms with van der Waals surface area (Å²) < 4.78 is 28.9. The van der Waals surface area contributed by atoms with Crippen molar-refractivity contribution in [2.75, 3.05) is 19.6 Å². The van der Waals surface area contributed by atoms with E-state index in [1.807, 2.05) is 25.7 Å². The van der Waals surface area contributed by atoms with Gasteiger partial charge in [0.05, 0.1) is 24.2 Å². The summed E-state index contributed by atoms with van der Waals surface area (Å²) >= 11 is 0. The van der Waals surface area contributed by atoms with Gasteiger partial charge in [-0.15, -0.1) is 0 Å². The van der Waals surface area contributed by atoms with Gasteiger partial charge in [-0.2, -0.15) is 0 Å². The van der Waals surface area contributed by atoms with Crippen molar-refractivity contribution in [3.8, 4) is 0 Å². The molecule has 2 aliphatic heterocycles. The van der Waals surface area contributed by atoms with Gasteiger partial charge >= 0.3 is 0 Å². The lowest BCUT2D eigenvalue weighted by molar-refractivity contribution is -0.147. The van der Waals surface area contributed by atoms with Gasteiger partial charge < -0.3 is 15.0 Å². The Morgan fingerprint density at radius 2 is 1.67 bits per heavy atom. The van der Waals surface area contributed by atoms with Gasteiger partial charge in [-0.05, 0) is 69.9 Å². The maximum atomic E-state index is 15.1. The highest BCUT2D eigenvalue weighted by Crippen LogP contribution is 2.42. The maximum absolute atomic E-state index is 15.1. The molecule has 3 aliphatic rings. The Morgan fingerprint density at radius 3 is 2.21 bits per heavy atom. The molecule has 0 unspecified atom stereocenters. The Labute approximate surface area is 250 Å². The van der Waals surface area contributed by atoms with E-state index in [0.717, 1.165) is 31.7 Å². The first kappa shape index (κ1) is 32.4. The van der Waals surface area contributed by atoms with Crippen molar-refractivity contribution in [1.82, 2.24) is 14.7 Å². The largest absolute Gasteiger partial charge is 0.411 e. The van der Waals surface area contributed by atoms with Crippen molar-refractivity contribution in [3.05, 3.63) is 35.4 Å². The quantitative estimate of drug-likeness (QED) is 0.258. The van der Waals surface area contributed by atoms with E-state index in [-0.39, 0.29) is 34.9 Å². The van der Waals surface area contributed by atoms with Gasteiger partial charge in [-0.25, -0.2) is 8.78 Å². The fourth-order valence-electron chi connectivity index (χ4n) is 7.13. The summed E-state index contributed by atoms with van der Waals surface area (Å²) in [5.74, 6) is -2.42. The molecule has 2 amide bonds. The van der Waals surface area contributed by atoms with E-state index in [9.17, 15) is 19.2 Å². The molecule has 7 nitrogen and oxygen atoms in total. The number of carbonyl (C=O) groups is 2. The molecule has 4 rings (SSSR count). The van der Waals surface area contributed by atoms with Gasteiger partial charge in [0.25, 0.3) is 0 Å². The number of likely N-dealkylation sites (tertiary alicyclic amines) is 2. The third kappa shape index (κ3) is 6.81. The average Bonchev–Trinajstić information content (AvgIpc) is 3.50. The molecule has 1 saturated carbocycles. The number of hydrogen-bond acceptors (Lipinski definition) is 5. The predicted molar refractivity (Wildman–Crippen MR) is 160 cm³/mol. The number of hydrogen-bond donors (Lipinski definition) is 1. The van der Waals surface area contributed by atoms with E-state index >= 15 is 4.39 Å². The van der Waals surface area contributed by atoms with Crippen molar-refractivity contribution in [3.63, 3.8) is 0 Å². The fraction of sp³-hybridized carbons (Fsp3) is 0.727. The summed E-state index contributed by atoms with van der Waals surface area (Å²) in [4.78, 5) is 34.3. The molecule has 1 N–H and O–H groups in total. The lowest BCUT2D eigenvalue weighted by Crippen LogP contribution is -2.54. The van der Waals surface area contributed by atoms with Crippen LogP contribution in [0.5, 0.6) is 0 Å². The van der Waals surface area contributed by atoms with Crippen LogP contribution in [-0.4, -0.2) is 81.2 Å². The maximum Gasteiger partial charge on any atom is 0.228 e. The van der Waals surface area contributed by atoms with Crippen molar-refractivity contribution in [1.29, 1.82) is 0 Å². The van der Waals surface area contributed by atoms with Crippen LogP contribution in [0, 0.1) is 28.4 Å². The van der Waals surface area contributed by atoms with Crippen LogP contribution in [0.25, 0.3) is 0 Å². The fourth-order valence-corrected chi connectivity index (χ4v) is 7.13. The molecule has 0 spiro atoms. The second-order valence-electron chi connectivity index (χ2n) is 15.5. The van der Waals surface area contributed by atoms with Gasteiger partial charge in [0, 0.05) is 48.6 Å². The van der Waals surface area contributed by atoms with Crippen molar-refractivity contribution in [2.45, 2.75) is 117 Å². The molecule has 1 aromatic rings. The zero-order valence-corrected chi connectivity index (χ0v) is 26.7. The first-order valence-corrected chi connectivity index (χ1v) is 15.4. The molecule has 2 heterocycles. The summed E-state index contributed by atoms with van der Waals surface area (Å²) in [6.45, 7) is 17.7. The topological polar surface area (TPSA) is 76.5 Å². The summed E-state index contributed by atoms with van der Waals surface area (Å²) in [5.41, 5.74) is -0.273. The summed E-state index contributed by atoms with van der Waals surface area (Å²) in [6, 6.07) is 2.94. The molecule has 42 heavy (non-hydrogen) atoms. The van der Waals surface area contributed by atoms with Crippen LogP contribution in [0.15, 0.2) is 23.4 Å². The minimum absolute atomic E-state index is 0.0669. The second kappa shape index (κ2) is 11.9. The smallest absolute Gasteiger partial charge is 0.228 e. The summed E-state index contributed by atoms with van der Waals surface area (Å²) in [7, 11) is 0. The summed E-state index contributed by atoms with van der Waals surface area (Å²) in [5, 5.41) is 12.9. The predicted octanol–water partition coefficient (Wildman–Crippen LogP) is 6.05. The van der Waals surface area contributed by atoms with Crippen LogP contribution in [0.2, 0.25) is 0 Å². The standard InChI is InChI=1S/C33H50F2N4O3/c1-31(2,3)30(41)39(22-11-13-33(7,8)14-12-22)24-16-23(17-36-42)38(18-24)29(40)27-20-37(32(4,5)6)19-26(27)25-10-9-21(34)15-28(25)35/h9-10,15,17,22-24,26-27,42H,11-14,16,18-20H2,1-8H3/b36-17+/t23-,24-,26-,27+/m0/s1. The highest BCUT2D eigenvalue weighted by Gasteiger charge is 2.49. The monoisotopic (exact) mass is 588 g/mol. The molecular weight excluding hydrogens is 538 g/mol. The number of rotatable bonds is 5. The highest BCUT2D eigenvalue weighted by molar-refractivity contribution is 5.86. The first-order chi connectivity index (χ1) is 19.4. The van der Waals surface area contributed by atoms with Crippen LogP contribution in [0.4, 0.5) is 8.78 Å². The normalized spacial score (nSPS) is 27.6. The van der Waals surface area contributed by atoms with Gasteiger partial charge in [-0.1, -0.05) is 45.8 Å². The first-order valence-electron chi connectivity index (χ1n) is 15.4. The average molecular weight is 589 g/mol. The Morgan fingerprint density at radius 1 is 1.02 bits per heavy atom. The second-order valence-corrected chi connectivity index (χ2v) is 15.5. The molecular formula is C33H50F2N4O3. The molecule has 0 radical (unpaired) electrons. The highest BCUT2D eigenvalue weighted by atomic mass is 19.1. The molecule has 1 aromatic carbocycles. The van der Waals surface area contributed by atoms with Gasteiger partial charge in [0.2, 0.25) is 11.8 Å². The van der Waals surface area contributed by atoms with Gasteiger partial charge in [0.15, 0.2) is 0 Å². The lowest BCUT2D eigenvalue weighted by Gasteiger charge is -2.45. The third-order valence-corrected chi connectivity index (χ3v) is 9.76. The van der Waals surface area contributed by atoms with Crippen LogP contribution in [-0.2, 0) is 9.59 Å². The zero-order chi connectivity index (χ0) is 31.2. The van der Waals surface area contributed by atoms with Crippen molar-refractivity contribution >= 4 is 18.0 Å². The van der Waals surface area contributed by atoms with E-state index in [2.05, 4.69) is 44.7 Å². The number of nitrogens with zero attached hydrogens (tertiary/aromatic N) is 4. The zero-order valence-electron chi connectivity index (χ0n) is 26.7. The van der Waals surface area contributed by atoms with E-state index in [0.29, 0.717) is 31.6 Å². The van der Waals surface area contributed by atoms with Crippen molar-refractivity contribution in [2.24, 2.45) is 21.9 Å². The van der Waals surface area contributed by atoms with Crippen LogP contribution in [0.3, 0.4) is 0 Å². The molecule has 9 heteroatoms. The molecule has 234 valence electrons. The van der Waals surface area contributed by atoms with Crippen molar-refractivity contribution < 1.29 is 23.6 Å². The molecule has 2 saturated heterocycles. The van der Waals surface area contributed by atoms with E-state index < -0.39 is 34.9 Å². The van der Waals surface area contributed by atoms with Crippen LogP contribution < -0.4 is 0 Å². The summed E-state index contributed by atoms with van der Waals surface area (Å²) in [6.07, 6.45) is 5.73. The molecule has 4 atom stereocenters. The SMILES string of the molecule is CC1(C)CCC(N(C(=O)C(C)(C)C)[C@H]2C[C@@H](/C=N/O)N(C(=O)[C@@H]3CN(C(C)(C)C)C[C@H]3c3ccc(F)cc3F)C2)CC1. The Balaban J connectivity index is 1.66. The van der Waals surface area contributed by atoms with Crippen LogP contribution in [0.1, 0.15) is 99.0 Å². The van der Waals surface area contributed by atoms with Crippen LogP contribution >= 0.6 is 0 Å². The number of halogens is 2. The molecule has 0 aromatic heterocycles. The Bertz CT molecular complexity index is 1180. The Hall–Kier alpha value is -2.55. The molecule has 1 aliphatic carbocycles. The number of carbonyl (C=O) groups excluding carboxylic acids is 2. The van der Waals surface area contributed by atoms with Gasteiger partial charge in [0.1, 0.15) is 11.6 Å². The van der Waals surface area contributed by atoms with E-state index in [4.69, 9.17) is 0 Å². The van der Waals surface area contributed by atoms with E-state index in [1.165, 1.54) is 18.3 Å². The third-order valence-electron chi connectivity index (χ3n) is 9.76. The number of amides is 2.